The fourth-order valence-corrected chi connectivity index (χ4v) is 4.21. The van der Waals surface area contributed by atoms with E-state index < -0.39 is 0 Å². The van der Waals surface area contributed by atoms with Gasteiger partial charge in [-0.05, 0) is 62.1 Å². The van der Waals surface area contributed by atoms with Crippen molar-refractivity contribution in [2.24, 2.45) is 0 Å². The quantitative estimate of drug-likeness (QED) is 0.912. The van der Waals surface area contributed by atoms with Gasteiger partial charge in [0.1, 0.15) is 0 Å². The molecule has 0 spiro atoms. The standard InChI is InChI=1S/C18H24N2O3S/c1-2-23-18(22)20-9-7-15(8-10-20)19-17(21)14-5-6-16-13(12-14)4-3-11-24-16/h5-6,12,15H,2-4,7-11H2,1H3,(H,19,21). The summed E-state index contributed by atoms with van der Waals surface area (Å²) in [6.45, 7) is 3.46. The van der Waals surface area contributed by atoms with E-state index in [0.717, 1.165) is 30.6 Å². The molecule has 1 aromatic rings. The van der Waals surface area contributed by atoms with Crippen LogP contribution in [0.4, 0.5) is 4.79 Å². The van der Waals surface area contributed by atoms with Gasteiger partial charge < -0.3 is 15.0 Å². The second kappa shape index (κ2) is 7.92. The third kappa shape index (κ3) is 4.04. The predicted molar refractivity (Wildman–Crippen MR) is 94.6 cm³/mol. The van der Waals surface area contributed by atoms with Crippen LogP contribution in [0.15, 0.2) is 23.1 Å². The van der Waals surface area contributed by atoms with Crippen LogP contribution in [0.3, 0.4) is 0 Å². The summed E-state index contributed by atoms with van der Waals surface area (Å²) >= 11 is 1.87. The van der Waals surface area contributed by atoms with Crippen molar-refractivity contribution < 1.29 is 14.3 Å². The van der Waals surface area contributed by atoms with Crippen molar-refractivity contribution in [1.82, 2.24) is 10.2 Å². The Labute approximate surface area is 147 Å². The highest BCUT2D eigenvalue weighted by atomic mass is 32.2. The van der Waals surface area contributed by atoms with E-state index in [0.29, 0.717) is 19.7 Å². The van der Waals surface area contributed by atoms with E-state index in [1.54, 1.807) is 4.90 Å². The van der Waals surface area contributed by atoms with Crippen LogP contribution in [0, 0.1) is 0 Å². The number of aryl methyl sites for hydroxylation is 1. The summed E-state index contributed by atoms with van der Waals surface area (Å²) < 4.78 is 5.02. The number of piperidine rings is 1. The van der Waals surface area contributed by atoms with Crippen LogP contribution < -0.4 is 5.32 Å². The molecule has 0 aliphatic carbocycles. The summed E-state index contributed by atoms with van der Waals surface area (Å²) in [5.74, 6) is 1.15. The minimum atomic E-state index is -0.255. The number of carbonyl (C=O) groups is 2. The van der Waals surface area contributed by atoms with E-state index >= 15 is 0 Å². The molecule has 0 saturated carbocycles. The van der Waals surface area contributed by atoms with Gasteiger partial charge in [-0.2, -0.15) is 0 Å². The van der Waals surface area contributed by atoms with Gasteiger partial charge in [0, 0.05) is 29.6 Å². The number of thioether (sulfide) groups is 1. The average Bonchev–Trinajstić information content (AvgIpc) is 2.62. The second-order valence-corrected chi connectivity index (χ2v) is 7.34. The molecule has 24 heavy (non-hydrogen) atoms. The van der Waals surface area contributed by atoms with Gasteiger partial charge in [0.25, 0.3) is 5.91 Å². The van der Waals surface area contributed by atoms with E-state index in [4.69, 9.17) is 4.74 Å². The lowest BCUT2D eigenvalue weighted by atomic mass is 10.0. The summed E-state index contributed by atoms with van der Waals surface area (Å²) in [7, 11) is 0. The van der Waals surface area contributed by atoms with Gasteiger partial charge >= 0.3 is 6.09 Å². The Kier molecular flexibility index (Phi) is 5.66. The van der Waals surface area contributed by atoms with Crippen molar-refractivity contribution >= 4 is 23.8 Å². The monoisotopic (exact) mass is 348 g/mol. The van der Waals surface area contributed by atoms with Crippen molar-refractivity contribution in [3.8, 4) is 0 Å². The zero-order valence-electron chi connectivity index (χ0n) is 14.0. The van der Waals surface area contributed by atoms with Crippen LogP contribution in [-0.4, -0.2) is 48.4 Å². The maximum Gasteiger partial charge on any atom is 0.409 e. The Balaban J connectivity index is 1.53. The van der Waals surface area contributed by atoms with Crippen molar-refractivity contribution in [3.63, 3.8) is 0 Å². The summed E-state index contributed by atoms with van der Waals surface area (Å²) in [5, 5.41) is 3.11. The Bertz CT molecular complexity index is 612. The molecule has 130 valence electrons. The topological polar surface area (TPSA) is 58.6 Å². The molecule has 3 rings (SSSR count). The molecule has 0 aromatic heterocycles. The Morgan fingerprint density at radius 3 is 2.88 bits per heavy atom. The second-order valence-electron chi connectivity index (χ2n) is 6.21. The maximum absolute atomic E-state index is 12.5. The predicted octanol–water partition coefficient (Wildman–Crippen LogP) is 3.08. The number of benzene rings is 1. The molecule has 2 amide bonds. The minimum absolute atomic E-state index is 0.0111. The van der Waals surface area contributed by atoms with Crippen molar-refractivity contribution in [2.75, 3.05) is 25.4 Å². The number of fused-ring (bicyclic) bond motifs is 1. The van der Waals surface area contributed by atoms with E-state index in [1.165, 1.54) is 16.9 Å². The van der Waals surface area contributed by atoms with Crippen LogP contribution >= 0.6 is 11.8 Å². The molecule has 6 heteroatoms. The first-order valence-corrected chi connectivity index (χ1v) is 9.64. The summed E-state index contributed by atoms with van der Waals surface area (Å²) in [4.78, 5) is 27.2. The zero-order valence-corrected chi connectivity index (χ0v) is 14.9. The molecule has 2 aliphatic rings. The van der Waals surface area contributed by atoms with Gasteiger partial charge in [-0.3, -0.25) is 4.79 Å². The normalized spacial score (nSPS) is 18.0. The Morgan fingerprint density at radius 1 is 1.33 bits per heavy atom. The molecule has 0 bridgehead atoms. The highest BCUT2D eigenvalue weighted by molar-refractivity contribution is 7.99. The number of likely N-dealkylation sites (tertiary alicyclic amines) is 1. The molecule has 1 saturated heterocycles. The van der Waals surface area contributed by atoms with Gasteiger partial charge in [0.05, 0.1) is 6.61 Å². The van der Waals surface area contributed by atoms with Crippen molar-refractivity contribution in [2.45, 2.75) is 43.5 Å². The van der Waals surface area contributed by atoms with Gasteiger partial charge in [0.15, 0.2) is 0 Å². The number of amides is 2. The lowest BCUT2D eigenvalue weighted by Crippen LogP contribution is -2.46. The minimum Gasteiger partial charge on any atom is -0.450 e. The maximum atomic E-state index is 12.5. The first-order valence-electron chi connectivity index (χ1n) is 8.65. The number of hydrogen-bond acceptors (Lipinski definition) is 4. The fraction of sp³-hybridized carbons (Fsp3) is 0.556. The average molecular weight is 348 g/mol. The lowest BCUT2D eigenvalue weighted by molar-refractivity contribution is 0.0860. The van der Waals surface area contributed by atoms with Crippen molar-refractivity contribution in [3.05, 3.63) is 29.3 Å². The number of rotatable bonds is 3. The van der Waals surface area contributed by atoms with Crippen LogP contribution in [0.5, 0.6) is 0 Å². The molecule has 1 fully saturated rings. The number of ether oxygens (including phenoxy) is 1. The number of hydrogen-bond donors (Lipinski definition) is 1. The molecule has 2 aliphatic heterocycles. The number of nitrogens with one attached hydrogen (secondary N) is 1. The van der Waals surface area contributed by atoms with Gasteiger partial charge in [-0.15, -0.1) is 11.8 Å². The first kappa shape index (κ1) is 17.1. The fourth-order valence-electron chi connectivity index (χ4n) is 3.19. The SMILES string of the molecule is CCOC(=O)N1CCC(NC(=O)c2ccc3c(c2)CCCS3)CC1. The number of nitrogens with zero attached hydrogens (tertiary/aromatic N) is 1. The molecule has 1 N–H and O–H groups in total. The third-order valence-corrected chi connectivity index (χ3v) is 5.73. The zero-order chi connectivity index (χ0) is 16.9. The summed E-state index contributed by atoms with van der Waals surface area (Å²) in [6.07, 6.45) is 3.52. The molecule has 2 heterocycles. The van der Waals surface area contributed by atoms with Crippen molar-refractivity contribution in [1.29, 1.82) is 0 Å². The first-order chi connectivity index (χ1) is 11.7. The Morgan fingerprint density at radius 2 is 2.12 bits per heavy atom. The van der Waals surface area contributed by atoms with E-state index in [2.05, 4.69) is 11.4 Å². The summed E-state index contributed by atoms with van der Waals surface area (Å²) in [6, 6.07) is 6.14. The largest absolute Gasteiger partial charge is 0.450 e. The molecular weight excluding hydrogens is 324 g/mol. The van der Waals surface area contributed by atoms with Crippen LogP contribution in [-0.2, 0) is 11.2 Å². The summed E-state index contributed by atoms with van der Waals surface area (Å²) in [5.41, 5.74) is 2.03. The van der Waals surface area contributed by atoms with Gasteiger partial charge in [-0.25, -0.2) is 4.79 Å². The van der Waals surface area contributed by atoms with Gasteiger partial charge in [0.2, 0.25) is 0 Å². The lowest BCUT2D eigenvalue weighted by Gasteiger charge is -2.31. The molecule has 5 nitrogen and oxygen atoms in total. The van der Waals surface area contributed by atoms with E-state index in [-0.39, 0.29) is 18.0 Å². The smallest absolute Gasteiger partial charge is 0.409 e. The Hall–Kier alpha value is -1.69. The molecular formula is C18H24N2O3S. The molecule has 0 radical (unpaired) electrons. The van der Waals surface area contributed by atoms with E-state index in [1.807, 2.05) is 30.8 Å². The molecule has 0 atom stereocenters. The highest BCUT2D eigenvalue weighted by Gasteiger charge is 2.25. The van der Waals surface area contributed by atoms with E-state index in [9.17, 15) is 9.59 Å². The van der Waals surface area contributed by atoms with Crippen LogP contribution in [0.25, 0.3) is 0 Å². The molecule has 1 aromatic carbocycles. The third-order valence-electron chi connectivity index (χ3n) is 4.53. The van der Waals surface area contributed by atoms with Crippen LogP contribution in [0.2, 0.25) is 0 Å². The molecule has 0 unspecified atom stereocenters. The van der Waals surface area contributed by atoms with Crippen LogP contribution in [0.1, 0.15) is 42.1 Å². The number of carbonyl (C=O) groups excluding carboxylic acids is 2. The highest BCUT2D eigenvalue weighted by Crippen LogP contribution is 2.30. The van der Waals surface area contributed by atoms with Gasteiger partial charge in [-0.1, -0.05) is 0 Å².